The van der Waals surface area contributed by atoms with Crippen molar-refractivity contribution in [1.82, 2.24) is 4.90 Å². The summed E-state index contributed by atoms with van der Waals surface area (Å²) in [5.41, 5.74) is 0.624. The number of carbonyl (C=O) groups excluding carboxylic acids is 1. The Labute approximate surface area is 125 Å². The molecule has 0 aliphatic rings. The zero-order chi connectivity index (χ0) is 15.6. The largest absolute Gasteiger partial charge is 0.508 e. The average Bonchev–Trinajstić information content (AvgIpc) is 2.95. The Morgan fingerprint density at radius 3 is 2.57 bits per heavy atom. The Balaban J connectivity index is 2.22. The van der Waals surface area contributed by atoms with E-state index in [1.54, 1.807) is 38.2 Å². The molecule has 0 aliphatic carbocycles. The third kappa shape index (κ3) is 3.03. The monoisotopic (exact) mass is 306 g/mol. The van der Waals surface area contributed by atoms with Crippen LogP contribution in [-0.4, -0.2) is 27.9 Å². The number of para-hydroxylation sites is 1. The first-order valence-electron chi connectivity index (χ1n) is 6.21. The molecule has 0 spiro atoms. The van der Waals surface area contributed by atoms with Gasteiger partial charge in [0.15, 0.2) is 0 Å². The molecule has 1 N–H and O–H groups in total. The van der Waals surface area contributed by atoms with Crippen LogP contribution in [0.15, 0.2) is 36.4 Å². The van der Waals surface area contributed by atoms with E-state index >= 15 is 0 Å². The summed E-state index contributed by atoms with van der Waals surface area (Å²) in [5.74, 6) is -0.203. The summed E-state index contributed by atoms with van der Waals surface area (Å²) < 4.78 is 0. The van der Waals surface area contributed by atoms with Gasteiger partial charge >= 0.3 is 5.00 Å². The van der Waals surface area contributed by atoms with Gasteiger partial charge in [0.1, 0.15) is 5.75 Å². The van der Waals surface area contributed by atoms with Gasteiger partial charge in [-0.2, -0.15) is 0 Å². The highest BCUT2D eigenvalue weighted by atomic mass is 32.1. The zero-order valence-corrected chi connectivity index (χ0v) is 12.3. The van der Waals surface area contributed by atoms with E-state index in [0.717, 1.165) is 11.3 Å². The molecule has 110 valence electrons. The molecule has 0 bridgehead atoms. The summed E-state index contributed by atoms with van der Waals surface area (Å²) in [5, 5.41) is 20.4. The van der Waals surface area contributed by atoms with E-state index < -0.39 is 4.92 Å². The summed E-state index contributed by atoms with van der Waals surface area (Å²) in [6.07, 6.45) is 0. The molecule has 2 rings (SSSR count). The third-order valence-electron chi connectivity index (χ3n) is 3.27. The van der Waals surface area contributed by atoms with E-state index in [4.69, 9.17) is 0 Å². The lowest BCUT2D eigenvalue weighted by molar-refractivity contribution is -0.380. The van der Waals surface area contributed by atoms with Crippen LogP contribution in [0.25, 0.3) is 0 Å². The molecule has 1 heterocycles. The maximum atomic E-state index is 12.3. The van der Waals surface area contributed by atoms with Gasteiger partial charge in [-0.1, -0.05) is 29.5 Å². The molecule has 0 fully saturated rings. The third-order valence-corrected chi connectivity index (χ3v) is 4.30. The fourth-order valence-corrected chi connectivity index (χ4v) is 2.74. The van der Waals surface area contributed by atoms with Crippen molar-refractivity contribution in [3.8, 4) is 5.75 Å². The van der Waals surface area contributed by atoms with Gasteiger partial charge in [0.05, 0.1) is 15.8 Å². The number of rotatable bonds is 4. The Morgan fingerprint density at radius 1 is 1.33 bits per heavy atom. The highest BCUT2D eigenvalue weighted by Gasteiger charge is 2.23. The lowest BCUT2D eigenvalue weighted by atomic mass is 10.1. The second kappa shape index (κ2) is 5.92. The summed E-state index contributed by atoms with van der Waals surface area (Å²) in [6.45, 7) is 1.79. The standard InChI is InChI=1S/C14H14N2O4S/c1-9(10-5-3-4-6-11(10)17)15(2)14(18)12-7-8-13(21-12)16(19)20/h3-9,17H,1-2H3. The Morgan fingerprint density at radius 2 is 2.00 bits per heavy atom. The van der Waals surface area contributed by atoms with Crippen molar-refractivity contribution < 1.29 is 14.8 Å². The predicted molar refractivity (Wildman–Crippen MR) is 79.6 cm³/mol. The first-order chi connectivity index (χ1) is 9.91. The van der Waals surface area contributed by atoms with Gasteiger partial charge < -0.3 is 10.0 Å². The number of hydrogen-bond donors (Lipinski definition) is 1. The summed E-state index contributed by atoms with van der Waals surface area (Å²) in [4.78, 5) is 24.2. The van der Waals surface area contributed by atoms with Gasteiger partial charge in [-0.15, -0.1) is 0 Å². The van der Waals surface area contributed by atoms with Crippen molar-refractivity contribution in [3.63, 3.8) is 0 Å². The SMILES string of the molecule is CC(c1ccccc1O)N(C)C(=O)c1ccc([N+](=O)[O-])s1. The van der Waals surface area contributed by atoms with Gasteiger partial charge in [0, 0.05) is 18.7 Å². The first kappa shape index (κ1) is 15.0. The number of thiophene rings is 1. The van der Waals surface area contributed by atoms with E-state index in [0.29, 0.717) is 10.4 Å². The molecule has 1 aromatic heterocycles. The molecule has 1 atom stereocenters. The molecular formula is C14H14N2O4S. The number of phenolic OH excluding ortho intramolecular Hbond substituents is 1. The van der Waals surface area contributed by atoms with Crippen LogP contribution in [0, 0.1) is 10.1 Å². The molecule has 6 nitrogen and oxygen atoms in total. The molecule has 0 aliphatic heterocycles. The number of hydrogen-bond acceptors (Lipinski definition) is 5. The van der Waals surface area contributed by atoms with E-state index in [1.165, 1.54) is 17.0 Å². The maximum absolute atomic E-state index is 12.3. The molecule has 0 saturated heterocycles. The maximum Gasteiger partial charge on any atom is 0.324 e. The lowest BCUT2D eigenvalue weighted by Gasteiger charge is -2.25. The van der Waals surface area contributed by atoms with Gasteiger partial charge in [-0.25, -0.2) is 0 Å². The van der Waals surface area contributed by atoms with Crippen LogP contribution in [0.3, 0.4) is 0 Å². The topological polar surface area (TPSA) is 83.7 Å². The molecular weight excluding hydrogens is 292 g/mol. The summed E-state index contributed by atoms with van der Waals surface area (Å²) in [7, 11) is 1.60. The molecule has 0 saturated carbocycles. The fourth-order valence-electron chi connectivity index (χ4n) is 1.94. The van der Waals surface area contributed by atoms with Crippen LogP contribution >= 0.6 is 11.3 Å². The second-order valence-corrected chi connectivity index (χ2v) is 5.61. The van der Waals surface area contributed by atoms with Gasteiger partial charge in [-0.3, -0.25) is 14.9 Å². The minimum absolute atomic E-state index is 0.0676. The van der Waals surface area contributed by atoms with Gasteiger partial charge in [0.2, 0.25) is 0 Å². The van der Waals surface area contributed by atoms with Crippen molar-refractivity contribution in [2.24, 2.45) is 0 Å². The number of amides is 1. The number of aromatic hydroxyl groups is 1. The minimum Gasteiger partial charge on any atom is -0.508 e. The highest BCUT2D eigenvalue weighted by Crippen LogP contribution is 2.30. The van der Waals surface area contributed by atoms with Crippen LogP contribution in [-0.2, 0) is 0 Å². The molecule has 1 unspecified atom stereocenters. The molecule has 7 heteroatoms. The van der Waals surface area contributed by atoms with Gasteiger partial charge in [-0.05, 0) is 19.1 Å². The Hall–Kier alpha value is -2.41. The van der Waals surface area contributed by atoms with Crippen LogP contribution in [0.5, 0.6) is 5.75 Å². The smallest absolute Gasteiger partial charge is 0.324 e. The van der Waals surface area contributed by atoms with Crippen molar-refractivity contribution in [1.29, 1.82) is 0 Å². The van der Waals surface area contributed by atoms with E-state index in [-0.39, 0.29) is 22.7 Å². The van der Waals surface area contributed by atoms with Crippen molar-refractivity contribution in [2.45, 2.75) is 13.0 Å². The van der Waals surface area contributed by atoms with Crippen LogP contribution < -0.4 is 0 Å². The zero-order valence-electron chi connectivity index (χ0n) is 11.5. The normalized spacial score (nSPS) is 11.9. The van der Waals surface area contributed by atoms with Crippen molar-refractivity contribution >= 4 is 22.2 Å². The molecule has 1 aromatic carbocycles. The van der Waals surface area contributed by atoms with Crippen molar-refractivity contribution in [2.75, 3.05) is 7.05 Å². The summed E-state index contributed by atoms with van der Waals surface area (Å²) >= 11 is 0.841. The second-order valence-electron chi connectivity index (χ2n) is 4.55. The Bertz CT molecular complexity index is 683. The average molecular weight is 306 g/mol. The number of phenols is 1. The minimum atomic E-state index is -0.520. The molecule has 0 radical (unpaired) electrons. The van der Waals surface area contributed by atoms with Crippen LogP contribution in [0.2, 0.25) is 0 Å². The molecule has 1 amide bonds. The van der Waals surface area contributed by atoms with E-state index in [1.807, 2.05) is 0 Å². The highest BCUT2D eigenvalue weighted by molar-refractivity contribution is 7.17. The lowest BCUT2D eigenvalue weighted by Crippen LogP contribution is -2.29. The van der Waals surface area contributed by atoms with E-state index in [2.05, 4.69) is 0 Å². The number of nitrogens with zero attached hydrogens (tertiary/aromatic N) is 2. The van der Waals surface area contributed by atoms with Crippen LogP contribution in [0.1, 0.15) is 28.2 Å². The predicted octanol–water partition coefficient (Wildman–Crippen LogP) is 3.20. The fraction of sp³-hybridized carbons (Fsp3) is 0.214. The van der Waals surface area contributed by atoms with Crippen molar-refractivity contribution in [3.05, 3.63) is 57.0 Å². The van der Waals surface area contributed by atoms with Crippen LogP contribution in [0.4, 0.5) is 5.00 Å². The van der Waals surface area contributed by atoms with E-state index in [9.17, 15) is 20.0 Å². The number of carbonyl (C=O) groups is 1. The quantitative estimate of drug-likeness (QED) is 0.694. The van der Waals surface area contributed by atoms with Gasteiger partial charge in [0.25, 0.3) is 5.91 Å². The number of nitro groups is 1. The molecule has 2 aromatic rings. The Kier molecular flexibility index (Phi) is 4.23. The summed E-state index contributed by atoms with van der Waals surface area (Å²) in [6, 6.07) is 9.19. The number of benzene rings is 1. The molecule has 21 heavy (non-hydrogen) atoms. The first-order valence-corrected chi connectivity index (χ1v) is 7.02.